The topological polar surface area (TPSA) is 0 Å². The highest BCUT2D eigenvalue weighted by molar-refractivity contribution is 5.86. The zero-order valence-corrected chi connectivity index (χ0v) is 15.0. The summed E-state index contributed by atoms with van der Waals surface area (Å²) in [6, 6.07) is 28.8. The quantitative estimate of drug-likeness (QED) is 0.500. The predicted octanol–water partition coefficient (Wildman–Crippen LogP) is 6.52. The Balaban J connectivity index is 1.91. The lowest BCUT2D eigenvalue weighted by Crippen LogP contribution is -2.29. The molecule has 2 aliphatic rings. The van der Waals surface area contributed by atoms with Crippen molar-refractivity contribution in [2.24, 2.45) is 5.92 Å². The van der Waals surface area contributed by atoms with Crippen LogP contribution in [0.25, 0.3) is 11.1 Å². The lowest BCUT2D eigenvalue weighted by molar-refractivity contribution is 0.691. The van der Waals surface area contributed by atoms with Crippen molar-refractivity contribution < 1.29 is 0 Å². The highest BCUT2D eigenvalue weighted by Gasteiger charge is 2.46. The molecule has 0 saturated heterocycles. The van der Waals surface area contributed by atoms with Crippen molar-refractivity contribution in [1.82, 2.24) is 0 Å². The molecule has 2 aliphatic carbocycles. The van der Waals surface area contributed by atoms with E-state index in [0.717, 1.165) is 6.42 Å². The molecule has 0 heterocycles. The summed E-state index contributed by atoms with van der Waals surface area (Å²) in [6.45, 7) is 2.29. The van der Waals surface area contributed by atoms with Gasteiger partial charge in [0.05, 0.1) is 5.41 Å². The monoisotopic (exact) mass is 334 g/mol. The molecule has 3 aromatic rings. The summed E-state index contributed by atoms with van der Waals surface area (Å²) < 4.78 is 0. The Hall–Kier alpha value is -2.86. The zero-order valence-electron chi connectivity index (χ0n) is 15.0. The van der Waals surface area contributed by atoms with E-state index in [0.29, 0.717) is 5.92 Å². The molecule has 0 bridgehead atoms. The van der Waals surface area contributed by atoms with E-state index in [2.05, 4.69) is 104 Å². The van der Waals surface area contributed by atoms with Crippen molar-refractivity contribution in [3.05, 3.63) is 119 Å². The molecule has 3 aromatic carbocycles. The van der Waals surface area contributed by atoms with E-state index in [-0.39, 0.29) is 5.41 Å². The largest absolute Gasteiger partial charge is 0.0811 e. The molecule has 1 unspecified atom stereocenters. The van der Waals surface area contributed by atoms with Crippen LogP contribution in [0.5, 0.6) is 0 Å². The van der Waals surface area contributed by atoms with E-state index >= 15 is 0 Å². The van der Waals surface area contributed by atoms with Crippen molar-refractivity contribution in [1.29, 1.82) is 0 Å². The fourth-order valence-corrected chi connectivity index (χ4v) is 4.72. The van der Waals surface area contributed by atoms with Crippen LogP contribution >= 0.6 is 0 Å². The van der Waals surface area contributed by atoms with E-state index < -0.39 is 0 Å². The number of benzene rings is 3. The van der Waals surface area contributed by atoms with Gasteiger partial charge in [0.25, 0.3) is 0 Å². The Labute approximate surface area is 155 Å². The molecule has 1 atom stereocenters. The van der Waals surface area contributed by atoms with Gasteiger partial charge in [-0.1, -0.05) is 104 Å². The van der Waals surface area contributed by atoms with Crippen molar-refractivity contribution in [2.45, 2.75) is 18.8 Å². The Morgan fingerprint density at radius 1 is 0.731 bits per heavy atom. The second-order valence-corrected chi connectivity index (χ2v) is 7.44. The summed E-state index contributed by atoms with van der Waals surface area (Å²) >= 11 is 0. The lowest BCUT2D eigenvalue weighted by Gasteiger charge is -2.36. The molecular formula is C26H22. The molecule has 0 radical (unpaired) electrons. The summed E-state index contributed by atoms with van der Waals surface area (Å²) in [4.78, 5) is 0. The number of hydrogen-bond donors (Lipinski definition) is 0. The fourth-order valence-electron chi connectivity index (χ4n) is 4.72. The third kappa shape index (κ3) is 2.02. The maximum absolute atomic E-state index is 2.45. The van der Waals surface area contributed by atoms with E-state index in [4.69, 9.17) is 0 Å². The standard InChI is InChI=1S/C26H22/c1-19-15-17-21(18-16-19)26(20-9-3-2-4-10-20)24-13-7-5-11-22(24)23-12-6-8-14-25(23)26/h2-15,17-19H,16H2,1H3. The van der Waals surface area contributed by atoms with Gasteiger partial charge in [-0.3, -0.25) is 0 Å². The Kier molecular flexibility index (Phi) is 3.46. The molecule has 5 rings (SSSR count). The molecule has 0 amide bonds. The third-order valence-electron chi connectivity index (χ3n) is 5.91. The van der Waals surface area contributed by atoms with Crippen molar-refractivity contribution in [3.8, 4) is 11.1 Å². The van der Waals surface area contributed by atoms with Gasteiger partial charge in [-0.2, -0.15) is 0 Å². The van der Waals surface area contributed by atoms with E-state index in [1.165, 1.54) is 33.4 Å². The van der Waals surface area contributed by atoms with Crippen LogP contribution in [-0.2, 0) is 5.41 Å². The summed E-state index contributed by atoms with van der Waals surface area (Å²) in [5, 5.41) is 0. The van der Waals surface area contributed by atoms with Crippen LogP contribution < -0.4 is 0 Å². The zero-order chi connectivity index (χ0) is 17.6. The van der Waals surface area contributed by atoms with E-state index in [9.17, 15) is 0 Å². The summed E-state index contributed by atoms with van der Waals surface area (Å²) in [5.41, 5.74) is 8.06. The normalized spacial score (nSPS) is 19.6. The Morgan fingerprint density at radius 2 is 1.31 bits per heavy atom. The van der Waals surface area contributed by atoms with Crippen LogP contribution in [-0.4, -0.2) is 0 Å². The number of fused-ring (bicyclic) bond motifs is 3. The smallest absolute Gasteiger partial charge is 0.0710 e. The molecule has 0 fully saturated rings. The second-order valence-electron chi connectivity index (χ2n) is 7.44. The van der Waals surface area contributed by atoms with E-state index in [1.807, 2.05) is 0 Å². The molecule has 0 N–H and O–H groups in total. The molecule has 0 aromatic heterocycles. The first-order valence-electron chi connectivity index (χ1n) is 9.45. The number of rotatable bonds is 2. The van der Waals surface area contributed by atoms with Gasteiger partial charge in [0.15, 0.2) is 0 Å². The molecule has 26 heavy (non-hydrogen) atoms. The first-order valence-corrected chi connectivity index (χ1v) is 9.45. The van der Waals surface area contributed by atoms with Gasteiger partial charge in [-0.25, -0.2) is 0 Å². The second kappa shape index (κ2) is 5.85. The van der Waals surface area contributed by atoms with Crippen molar-refractivity contribution >= 4 is 0 Å². The minimum absolute atomic E-state index is 0.217. The van der Waals surface area contributed by atoms with Gasteiger partial charge in [0, 0.05) is 0 Å². The lowest BCUT2D eigenvalue weighted by atomic mass is 9.66. The van der Waals surface area contributed by atoms with Gasteiger partial charge in [0.1, 0.15) is 0 Å². The van der Waals surface area contributed by atoms with Gasteiger partial charge in [-0.15, -0.1) is 0 Å². The van der Waals surface area contributed by atoms with Crippen LogP contribution in [0.4, 0.5) is 0 Å². The minimum atomic E-state index is -0.217. The maximum Gasteiger partial charge on any atom is 0.0710 e. The Bertz CT molecular complexity index is 975. The van der Waals surface area contributed by atoms with Crippen LogP contribution in [0.15, 0.2) is 103 Å². The highest BCUT2D eigenvalue weighted by Crippen LogP contribution is 2.56. The van der Waals surface area contributed by atoms with Gasteiger partial charge < -0.3 is 0 Å². The van der Waals surface area contributed by atoms with Crippen molar-refractivity contribution in [3.63, 3.8) is 0 Å². The number of hydrogen-bond acceptors (Lipinski definition) is 0. The molecular weight excluding hydrogens is 312 g/mol. The molecule has 0 nitrogen and oxygen atoms in total. The summed E-state index contributed by atoms with van der Waals surface area (Å²) in [5.74, 6) is 0.610. The van der Waals surface area contributed by atoms with Crippen LogP contribution in [0.1, 0.15) is 30.0 Å². The fraction of sp³-hybridized carbons (Fsp3) is 0.154. The van der Waals surface area contributed by atoms with Gasteiger partial charge in [0.2, 0.25) is 0 Å². The molecule has 0 spiro atoms. The average molecular weight is 334 g/mol. The SMILES string of the molecule is CC1C=CC(C2(c3ccccc3)c3ccccc3-c3ccccc32)=CC1. The highest BCUT2D eigenvalue weighted by atomic mass is 14.5. The first-order chi connectivity index (χ1) is 12.8. The molecule has 0 heteroatoms. The predicted molar refractivity (Wildman–Crippen MR) is 109 cm³/mol. The molecule has 0 saturated carbocycles. The first kappa shape index (κ1) is 15.4. The van der Waals surface area contributed by atoms with Crippen LogP contribution in [0.3, 0.4) is 0 Å². The maximum atomic E-state index is 2.45. The number of allylic oxidation sites excluding steroid dienone is 4. The molecule has 126 valence electrons. The Morgan fingerprint density at radius 3 is 1.88 bits per heavy atom. The minimum Gasteiger partial charge on any atom is -0.0811 e. The van der Waals surface area contributed by atoms with Crippen molar-refractivity contribution in [2.75, 3.05) is 0 Å². The summed E-state index contributed by atoms with van der Waals surface area (Å²) in [7, 11) is 0. The van der Waals surface area contributed by atoms with Gasteiger partial charge >= 0.3 is 0 Å². The van der Waals surface area contributed by atoms with Crippen LogP contribution in [0.2, 0.25) is 0 Å². The molecule has 0 aliphatic heterocycles. The van der Waals surface area contributed by atoms with Crippen LogP contribution in [0, 0.1) is 5.92 Å². The average Bonchev–Trinajstić information content (AvgIpc) is 3.01. The van der Waals surface area contributed by atoms with E-state index in [1.54, 1.807) is 0 Å². The van der Waals surface area contributed by atoms with Gasteiger partial charge in [-0.05, 0) is 45.7 Å². The third-order valence-corrected chi connectivity index (χ3v) is 5.91. The summed E-state index contributed by atoms with van der Waals surface area (Å²) in [6.07, 6.45) is 8.28.